The second-order valence-electron chi connectivity index (χ2n) is 4.29. The predicted molar refractivity (Wildman–Crippen MR) is 58.7 cm³/mol. The number of pyridine rings is 1. The summed E-state index contributed by atoms with van der Waals surface area (Å²) in [5.74, 6) is -0.450. The van der Waals surface area contributed by atoms with Gasteiger partial charge < -0.3 is 4.79 Å². The maximum atomic E-state index is 11.0. The molecule has 1 rings (SSSR count). The Morgan fingerprint density at radius 3 is 2.75 bits per heavy atom. The lowest BCUT2D eigenvalue weighted by molar-refractivity contribution is -0.485. The van der Waals surface area contributed by atoms with Gasteiger partial charge in [-0.2, -0.15) is 0 Å². The average Bonchev–Trinajstić information content (AvgIpc) is 2.27. The minimum absolute atomic E-state index is 0.266. The van der Waals surface area contributed by atoms with Gasteiger partial charge in [-0.25, -0.2) is 0 Å². The minimum Gasteiger partial charge on any atom is -0.303 e. The van der Waals surface area contributed by atoms with Gasteiger partial charge >= 0.3 is 0 Å². The summed E-state index contributed by atoms with van der Waals surface area (Å²) in [7, 11) is 0. The van der Waals surface area contributed by atoms with Gasteiger partial charge in [0.1, 0.15) is 6.29 Å². The molecule has 0 bridgehead atoms. The van der Waals surface area contributed by atoms with Crippen molar-refractivity contribution in [2.45, 2.75) is 19.8 Å². The van der Waals surface area contributed by atoms with E-state index >= 15 is 0 Å². The first-order valence-corrected chi connectivity index (χ1v) is 4.95. The van der Waals surface area contributed by atoms with Crippen molar-refractivity contribution < 1.29 is 9.72 Å². The molecule has 1 aromatic rings. The van der Waals surface area contributed by atoms with Crippen LogP contribution in [-0.2, 0) is 4.79 Å². The van der Waals surface area contributed by atoms with Gasteiger partial charge in [0.2, 0.25) is 6.54 Å². The highest BCUT2D eigenvalue weighted by Gasteiger charge is 2.34. The SMILES string of the molecule is CC(C)(C=O)[C@@H](C[N+](=O)[O-])c1cccnc1. The van der Waals surface area contributed by atoms with E-state index in [9.17, 15) is 14.9 Å². The Hall–Kier alpha value is -1.78. The smallest absolute Gasteiger partial charge is 0.211 e. The number of hydrogen-bond acceptors (Lipinski definition) is 4. The molecule has 0 aliphatic carbocycles. The summed E-state index contributed by atoms with van der Waals surface area (Å²) < 4.78 is 0. The minimum atomic E-state index is -0.768. The van der Waals surface area contributed by atoms with Crippen molar-refractivity contribution in [3.63, 3.8) is 0 Å². The highest BCUT2D eigenvalue weighted by atomic mass is 16.6. The van der Waals surface area contributed by atoms with Gasteiger partial charge in [0, 0.05) is 22.7 Å². The molecule has 0 unspecified atom stereocenters. The summed E-state index contributed by atoms with van der Waals surface area (Å²) in [5, 5.41) is 10.6. The first kappa shape index (κ1) is 12.3. The molecule has 0 radical (unpaired) electrons. The summed E-state index contributed by atoms with van der Waals surface area (Å²) in [6.07, 6.45) is 3.92. The zero-order valence-corrected chi connectivity index (χ0v) is 9.29. The third-order valence-electron chi connectivity index (χ3n) is 2.62. The standard InChI is InChI=1S/C11H14N2O3/c1-11(2,8-14)10(7-13(15)16)9-4-3-5-12-6-9/h3-6,8,10H,7H2,1-2H3/t10-/m0/s1. The second kappa shape index (κ2) is 4.83. The third kappa shape index (κ3) is 2.85. The maximum Gasteiger partial charge on any atom is 0.211 e. The van der Waals surface area contributed by atoms with Crippen molar-refractivity contribution >= 4 is 6.29 Å². The van der Waals surface area contributed by atoms with Crippen LogP contribution in [0, 0.1) is 15.5 Å². The number of rotatable bonds is 5. The first-order chi connectivity index (χ1) is 7.47. The van der Waals surface area contributed by atoms with E-state index in [0.717, 1.165) is 11.8 Å². The van der Waals surface area contributed by atoms with Crippen LogP contribution in [0.4, 0.5) is 0 Å². The Morgan fingerprint density at radius 1 is 1.62 bits per heavy atom. The van der Waals surface area contributed by atoms with Crippen molar-refractivity contribution in [1.82, 2.24) is 4.98 Å². The number of nitrogens with zero attached hydrogens (tertiary/aromatic N) is 2. The summed E-state index contributed by atoms with van der Waals surface area (Å²) in [4.78, 5) is 25.1. The molecule has 0 saturated carbocycles. The zero-order valence-electron chi connectivity index (χ0n) is 9.29. The van der Waals surface area contributed by atoms with Gasteiger partial charge in [-0.3, -0.25) is 15.1 Å². The molecule has 0 saturated heterocycles. The fourth-order valence-corrected chi connectivity index (χ4v) is 1.58. The number of nitro groups is 1. The van der Waals surface area contributed by atoms with Crippen LogP contribution in [0.3, 0.4) is 0 Å². The molecule has 0 aliphatic rings. The molecule has 0 fully saturated rings. The van der Waals surface area contributed by atoms with E-state index in [1.165, 1.54) is 0 Å². The lowest BCUT2D eigenvalue weighted by Gasteiger charge is -2.25. The number of carbonyl (C=O) groups excluding carboxylic acids is 1. The van der Waals surface area contributed by atoms with Gasteiger partial charge in [-0.15, -0.1) is 0 Å². The highest BCUT2D eigenvalue weighted by molar-refractivity contribution is 5.60. The monoisotopic (exact) mass is 222 g/mol. The summed E-state index contributed by atoms with van der Waals surface area (Å²) in [6.45, 7) is 3.12. The van der Waals surface area contributed by atoms with Crippen LogP contribution < -0.4 is 0 Å². The van der Waals surface area contributed by atoms with Gasteiger partial charge in [-0.1, -0.05) is 19.9 Å². The molecule has 86 valence electrons. The van der Waals surface area contributed by atoms with Gasteiger partial charge in [0.15, 0.2) is 0 Å². The molecule has 0 amide bonds. The molecule has 5 nitrogen and oxygen atoms in total. The highest BCUT2D eigenvalue weighted by Crippen LogP contribution is 2.33. The molecule has 0 aliphatic heterocycles. The van der Waals surface area contributed by atoms with Crippen molar-refractivity contribution in [3.8, 4) is 0 Å². The van der Waals surface area contributed by atoms with E-state index < -0.39 is 16.3 Å². The van der Waals surface area contributed by atoms with Crippen LogP contribution in [0.25, 0.3) is 0 Å². The topological polar surface area (TPSA) is 73.1 Å². The molecule has 1 atom stereocenters. The Labute approximate surface area is 93.7 Å². The second-order valence-corrected chi connectivity index (χ2v) is 4.29. The van der Waals surface area contributed by atoms with Crippen LogP contribution in [0.15, 0.2) is 24.5 Å². The molecule has 0 aromatic carbocycles. The third-order valence-corrected chi connectivity index (χ3v) is 2.62. The van der Waals surface area contributed by atoms with E-state index in [-0.39, 0.29) is 6.54 Å². The molecular weight excluding hydrogens is 208 g/mol. The summed E-state index contributed by atoms with van der Waals surface area (Å²) in [6, 6.07) is 3.47. The molecule has 1 heterocycles. The van der Waals surface area contributed by atoms with E-state index in [1.54, 1.807) is 38.4 Å². The van der Waals surface area contributed by atoms with Crippen molar-refractivity contribution in [2.24, 2.45) is 5.41 Å². The van der Waals surface area contributed by atoms with Gasteiger partial charge in [0.25, 0.3) is 0 Å². The summed E-state index contributed by atoms with van der Waals surface area (Å²) >= 11 is 0. The number of hydrogen-bond donors (Lipinski definition) is 0. The normalized spacial score (nSPS) is 13.1. The van der Waals surface area contributed by atoms with Crippen LogP contribution in [0.2, 0.25) is 0 Å². The maximum absolute atomic E-state index is 11.0. The lowest BCUT2D eigenvalue weighted by Crippen LogP contribution is -2.29. The average molecular weight is 222 g/mol. The first-order valence-electron chi connectivity index (χ1n) is 4.95. The molecule has 0 spiro atoms. The summed E-state index contributed by atoms with van der Waals surface area (Å²) in [5.41, 5.74) is -0.0490. The van der Waals surface area contributed by atoms with E-state index in [4.69, 9.17) is 0 Å². The Bertz CT molecular complexity index is 376. The zero-order chi connectivity index (χ0) is 12.2. The van der Waals surface area contributed by atoms with E-state index in [1.807, 2.05) is 0 Å². The van der Waals surface area contributed by atoms with Crippen LogP contribution >= 0.6 is 0 Å². The number of aromatic nitrogens is 1. The van der Waals surface area contributed by atoms with Crippen LogP contribution in [-0.4, -0.2) is 22.7 Å². The molecule has 1 aromatic heterocycles. The Kier molecular flexibility index (Phi) is 3.71. The van der Waals surface area contributed by atoms with Gasteiger partial charge in [-0.05, 0) is 11.6 Å². The number of carbonyl (C=O) groups is 1. The van der Waals surface area contributed by atoms with E-state index in [2.05, 4.69) is 4.98 Å². The quantitative estimate of drug-likeness (QED) is 0.431. The molecule has 0 N–H and O–H groups in total. The molecule has 16 heavy (non-hydrogen) atoms. The van der Waals surface area contributed by atoms with Crippen LogP contribution in [0.1, 0.15) is 25.3 Å². The van der Waals surface area contributed by atoms with Gasteiger partial charge in [0.05, 0.1) is 5.92 Å². The number of aldehydes is 1. The van der Waals surface area contributed by atoms with Crippen LogP contribution in [0.5, 0.6) is 0 Å². The fourth-order valence-electron chi connectivity index (χ4n) is 1.58. The fraction of sp³-hybridized carbons (Fsp3) is 0.455. The Balaban J connectivity index is 3.06. The largest absolute Gasteiger partial charge is 0.303 e. The predicted octanol–water partition coefficient (Wildman–Crippen LogP) is 1.67. The van der Waals surface area contributed by atoms with E-state index in [0.29, 0.717) is 0 Å². The Morgan fingerprint density at radius 2 is 2.31 bits per heavy atom. The van der Waals surface area contributed by atoms with Crippen molar-refractivity contribution in [3.05, 3.63) is 40.2 Å². The van der Waals surface area contributed by atoms with Crippen molar-refractivity contribution in [2.75, 3.05) is 6.54 Å². The molecular formula is C11H14N2O3. The van der Waals surface area contributed by atoms with Crippen molar-refractivity contribution in [1.29, 1.82) is 0 Å². The molecule has 5 heteroatoms. The lowest BCUT2D eigenvalue weighted by atomic mass is 9.76.